The molecule has 0 aromatic heterocycles. The summed E-state index contributed by atoms with van der Waals surface area (Å²) in [6.07, 6.45) is 0.913. The van der Waals surface area contributed by atoms with Crippen molar-refractivity contribution in [3.63, 3.8) is 0 Å². The molecule has 0 amide bonds. The molecule has 2 N–H and O–H groups in total. The Balaban J connectivity index is 1.73. The van der Waals surface area contributed by atoms with E-state index in [0.29, 0.717) is 13.2 Å². The number of hydrogen-bond acceptors (Lipinski definition) is 3. The maximum absolute atomic E-state index is 6.10. The molecule has 0 radical (unpaired) electrons. The highest BCUT2D eigenvalue weighted by Gasteiger charge is 2.06. The van der Waals surface area contributed by atoms with Crippen molar-refractivity contribution in [1.82, 2.24) is 0 Å². The Hall–Kier alpha value is -1.84. The van der Waals surface area contributed by atoms with Crippen LogP contribution in [0.2, 0.25) is 0 Å². The summed E-state index contributed by atoms with van der Waals surface area (Å²) >= 11 is 0. The van der Waals surface area contributed by atoms with Gasteiger partial charge in [0.25, 0.3) is 0 Å². The van der Waals surface area contributed by atoms with Crippen molar-refractivity contribution in [3.8, 4) is 5.75 Å². The van der Waals surface area contributed by atoms with Gasteiger partial charge in [-0.1, -0.05) is 42.5 Å². The number of methoxy groups -OCH3 is 1. The van der Waals surface area contributed by atoms with Crippen molar-refractivity contribution in [2.24, 2.45) is 5.73 Å². The molecule has 0 spiro atoms. The van der Waals surface area contributed by atoms with Crippen molar-refractivity contribution >= 4 is 0 Å². The Labute approximate surface area is 120 Å². The third-order valence-electron chi connectivity index (χ3n) is 3.22. The molecule has 0 aliphatic heterocycles. The highest BCUT2D eigenvalue weighted by Crippen LogP contribution is 2.16. The molecule has 3 heteroatoms. The second-order valence-electron chi connectivity index (χ2n) is 4.69. The first-order valence-corrected chi connectivity index (χ1v) is 6.81. The van der Waals surface area contributed by atoms with Gasteiger partial charge in [-0.3, -0.25) is 0 Å². The van der Waals surface area contributed by atoms with E-state index in [0.717, 1.165) is 17.7 Å². The van der Waals surface area contributed by atoms with Gasteiger partial charge in [0, 0.05) is 0 Å². The third kappa shape index (κ3) is 4.37. The molecule has 1 atom stereocenters. The second-order valence-corrected chi connectivity index (χ2v) is 4.69. The van der Waals surface area contributed by atoms with Crippen LogP contribution in [0.5, 0.6) is 5.75 Å². The van der Waals surface area contributed by atoms with Gasteiger partial charge in [-0.2, -0.15) is 0 Å². The van der Waals surface area contributed by atoms with Gasteiger partial charge in [0.05, 0.1) is 26.4 Å². The Morgan fingerprint density at radius 2 is 1.70 bits per heavy atom. The zero-order valence-electron chi connectivity index (χ0n) is 11.8. The van der Waals surface area contributed by atoms with Gasteiger partial charge >= 0.3 is 0 Å². The molecule has 2 rings (SSSR count). The Bertz CT molecular complexity index is 496. The lowest BCUT2D eigenvalue weighted by molar-refractivity contribution is 0.124. The van der Waals surface area contributed by atoms with Crippen LogP contribution in [0.1, 0.15) is 17.2 Å². The molecule has 3 nitrogen and oxygen atoms in total. The molecule has 0 heterocycles. The SMILES string of the molecule is COc1ccc(C(N)COCCc2ccccc2)cc1. The fourth-order valence-electron chi connectivity index (χ4n) is 1.99. The molecule has 20 heavy (non-hydrogen) atoms. The van der Waals surface area contributed by atoms with E-state index in [4.69, 9.17) is 15.2 Å². The monoisotopic (exact) mass is 271 g/mol. The summed E-state index contributed by atoms with van der Waals surface area (Å²) in [5, 5.41) is 0. The minimum Gasteiger partial charge on any atom is -0.497 e. The van der Waals surface area contributed by atoms with Gasteiger partial charge in [-0.05, 0) is 29.7 Å². The van der Waals surface area contributed by atoms with E-state index >= 15 is 0 Å². The van der Waals surface area contributed by atoms with Crippen LogP contribution in [0.25, 0.3) is 0 Å². The second kappa shape index (κ2) is 7.68. The molecule has 0 saturated heterocycles. The van der Waals surface area contributed by atoms with Gasteiger partial charge in [0.15, 0.2) is 0 Å². The Morgan fingerprint density at radius 1 is 1.00 bits per heavy atom. The van der Waals surface area contributed by atoms with E-state index in [1.54, 1.807) is 7.11 Å². The molecule has 2 aromatic carbocycles. The number of benzene rings is 2. The first-order valence-electron chi connectivity index (χ1n) is 6.81. The average Bonchev–Trinajstić information content (AvgIpc) is 2.52. The summed E-state index contributed by atoms with van der Waals surface area (Å²) in [7, 11) is 1.65. The van der Waals surface area contributed by atoms with E-state index in [-0.39, 0.29) is 6.04 Å². The molecule has 0 aliphatic rings. The van der Waals surface area contributed by atoms with Gasteiger partial charge < -0.3 is 15.2 Å². The summed E-state index contributed by atoms with van der Waals surface area (Å²) in [6, 6.07) is 18.0. The highest BCUT2D eigenvalue weighted by molar-refractivity contribution is 5.28. The van der Waals surface area contributed by atoms with Crippen molar-refractivity contribution < 1.29 is 9.47 Å². The smallest absolute Gasteiger partial charge is 0.118 e. The average molecular weight is 271 g/mol. The number of ether oxygens (including phenoxy) is 2. The minimum atomic E-state index is -0.100. The first kappa shape index (κ1) is 14.6. The Kier molecular flexibility index (Phi) is 5.59. The van der Waals surface area contributed by atoms with E-state index in [9.17, 15) is 0 Å². The lowest BCUT2D eigenvalue weighted by Gasteiger charge is -2.13. The lowest BCUT2D eigenvalue weighted by atomic mass is 10.1. The molecule has 0 saturated carbocycles. The van der Waals surface area contributed by atoms with Crippen LogP contribution in [0.3, 0.4) is 0 Å². The minimum absolute atomic E-state index is 0.100. The van der Waals surface area contributed by atoms with Gasteiger partial charge in [-0.15, -0.1) is 0 Å². The van der Waals surface area contributed by atoms with Crippen LogP contribution in [-0.4, -0.2) is 20.3 Å². The number of rotatable bonds is 7. The van der Waals surface area contributed by atoms with Crippen molar-refractivity contribution in [2.45, 2.75) is 12.5 Å². The molecule has 0 fully saturated rings. The quantitative estimate of drug-likeness (QED) is 0.787. The van der Waals surface area contributed by atoms with Gasteiger partial charge in [0.1, 0.15) is 5.75 Å². The maximum Gasteiger partial charge on any atom is 0.118 e. The van der Waals surface area contributed by atoms with E-state index in [2.05, 4.69) is 12.1 Å². The van der Waals surface area contributed by atoms with Crippen LogP contribution in [0.15, 0.2) is 54.6 Å². The predicted octanol–water partition coefficient (Wildman–Crippen LogP) is 2.95. The largest absolute Gasteiger partial charge is 0.497 e. The molecule has 0 aliphatic carbocycles. The molecule has 2 aromatic rings. The van der Waals surface area contributed by atoms with Crippen molar-refractivity contribution in [3.05, 3.63) is 65.7 Å². The van der Waals surface area contributed by atoms with Gasteiger partial charge in [-0.25, -0.2) is 0 Å². The normalized spacial score (nSPS) is 12.1. The maximum atomic E-state index is 6.10. The third-order valence-corrected chi connectivity index (χ3v) is 3.22. The number of hydrogen-bond donors (Lipinski definition) is 1. The van der Waals surface area contributed by atoms with Crippen LogP contribution >= 0.6 is 0 Å². The molecular weight excluding hydrogens is 250 g/mol. The summed E-state index contributed by atoms with van der Waals surface area (Å²) < 4.78 is 10.8. The fraction of sp³-hybridized carbons (Fsp3) is 0.294. The number of nitrogens with two attached hydrogens (primary N) is 1. The molecular formula is C17H21NO2. The first-order chi connectivity index (χ1) is 9.79. The van der Waals surface area contributed by atoms with Crippen LogP contribution in [0, 0.1) is 0 Å². The van der Waals surface area contributed by atoms with Gasteiger partial charge in [0.2, 0.25) is 0 Å². The summed E-state index contributed by atoms with van der Waals surface area (Å²) in [5.41, 5.74) is 8.44. The van der Waals surface area contributed by atoms with E-state index in [1.807, 2.05) is 42.5 Å². The summed E-state index contributed by atoms with van der Waals surface area (Å²) in [4.78, 5) is 0. The summed E-state index contributed by atoms with van der Waals surface area (Å²) in [6.45, 7) is 1.22. The van der Waals surface area contributed by atoms with Crippen LogP contribution < -0.4 is 10.5 Å². The topological polar surface area (TPSA) is 44.5 Å². The zero-order chi connectivity index (χ0) is 14.2. The Morgan fingerprint density at radius 3 is 2.35 bits per heavy atom. The van der Waals surface area contributed by atoms with Crippen molar-refractivity contribution in [2.75, 3.05) is 20.3 Å². The highest BCUT2D eigenvalue weighted by atomic mass is 16.5. The van der Waals surface area contributed by atoms with Crippen LogP contribution in [-0.2, 0) is 11.2 Å². The molecule has 0 bridgehead atoms. The van der Waals surface area contributed by atoms with Crippen molar-refractivity contribution in [1.29, 1.82) is 0 Å². The standard InChI is InChI=1S/C17H21NO2/c1-19-16-9-7-15(8-10-16)17(18)13-20-12-11-14-5-3-2-4-6-14/h2-10,17H,11-13,18H2,1H3. The zero-order valence-corrected chi connectivity index (χ0v) is 11.8. The van der Waals surface area contributed by atoms with E-state index < -0.39 is 0 Å². The molecule has 106 valence electrons. The summed E-state index contributed by atoms with van der Waals surface area (Å²) in [5.74, 6) is 0.839. The van der Waals surface area contributed by atoms with Crippen LogP contribution in [0.4, 0.5) is 0 Å². The fourth-order valence-corrected chi connectivity index (χ4v) is 1.99. The lowest BCUT2D eigenvalue weighted by Crippen LogP contribution is -2.17. The molecule has 1 unspecified atom stereocenters. The predicted molar refractivity (Wildman–Crippen MR) is 80.9 cm³/mol. The van der Waals surface area contributed by atoms with E-state index in [1.165, 1.54) is 5.56 Å².